The molecule has 29 heavy (non-hydrogen) atoms. The van der Waals surface area contributed by atoms with Crippen molar-refractivity contribution in [2.45, 2.75) is 59.2 Å². The van der Waals surface area contributed by atoms with Crippen LogP contribution in [0.15, 0.2) is 29.3 Å². The molecule has 1 unspecified atom stereocenters. The lowest BCUT2D eigenvalue weighted by atomic mass is 9.93. The molecule has 1 saturated heterocycles. The molecule has 0 aromatic heterocycles. The summed E-state index contributed by atoms with van der Waals surface area (Å²) in [6.45, 7) is 13.9. The fraction of sp³-hybridized carbons (Fsp3) is 0.696. The maximum Gasteiger partial charge on any atom is 0.191 e. The number of nitrogens with zero attached hydrogens (tertiary/aromatic N) is 2. The van der Waals surface area contributed by atoms with E-state index in [1.54, 1.807) is 0 Å². The van der Waals surface area contributed by atoms with Gasteiger partial charge in [0, 0.05) is 13.1 Å². The Kier molecular flexibility index (Phi) is 10.3. The van der Waals surface area contributed by atoms with Gasteiger partial charge in [-0.25, -0.2) is 0 Å². The molecule has 3 N–H and O–H groups in total. The third kappa shape index (κ3) is 8.62. The molecular formula is C23H40N4O2. The normalized spacial score (nSPS) is 17.4. The van der Waals surface area contributed by atoms with Crippen LogP contribution in [0.3, 0.4) is 0 Å². The number of nitrogens with one attached hydrogen (secondary N) is 2. The maximum atomic E-state index is 10.6. The number of aliphatic imine (C=N–C) groups is 1. The summed E-state index contributed by atoms with van der Waals surface area (Å²) in [6, 6.07) is 7.63. The second kappa shape index (κ2) is 12.7. The summed E-state index contributed by atoms with van der Waals surface area (Å²) >= 11 is 0. The van der Waals surface area contributed by atoms with E-state index in [2.05, 4.69) is 34.4 Å². The highest BCUT2D eigenvalue weighted by Gasteiger charge is 2.17. The van der Waals surface area contributed by atoms with Crippen molar-refractivity contribution in [2.75, 3.05) is 39.3 Å². The van der Waals surface area contributed by atoms with Crippen LogP contribution in [0, 0.1) is 5.92 Å². The molecule has 2 rings (SSSR count). The van der Waals surface area contributed by atoms with E-state index in [0.717, 1.165) is 42.8 Å². The molecule has 0 amide bonds. The summed E-state index contributed by atoms with van der Waals surface area (Å²) in [4.78, 5) is 7.11. The Morgan fingerprint density at radius 1 is 1.24 bits per heavy atom. The highest BCUT2D eigenvalue weighted by Crippen LogP contribution is 2.21. The highest BCUT2D eigenvalue weighted by molar-refractivity contribution is 5.79. The number of rotatable bonds is 10. The van der Waals surface area contributed by atoms with Gasteiger partial charge in [0.1, 0.15) is 5.75 Å². The maximum absolute atomic E-state index is 10.6. The first-order valence-corrected chi connectivity index (χ1v) is 11.2. The van der Waals surface area contributed by atoms with E-state index in [-0.39, 0.29) is 6.10 Å². The molecule has 1 aliphatic heterocycles. The summed E-state index contributed by atoms with van der Waals surface area (Å²) < 4.78 is 5.72. The van der Waals surface area contributed by atoms with Gasteiger partial charge in [-0.2, -0.15) is 0 Å². The molecule has 0 aliphatic carbocycles. The van der Waals surface area contributed by atoms with E-state index < -0.39 is 6.10 Å². The SMILES string of the molecule is CCNC(=NCC(O)c1cccc(OC(C)C)c1)NCCC1CCN(CC)CC1. The Bertz CT molecular complexity index is 613. The zero-order valence-electron chi connectivity index (χ0n) is 18.7. The predicted molar refractivity (Wildman–Crippen MR) is 121 cm³/mol. The minimum atomic E-state index is -0.653. The molecule has 6 heteroatoms. The molecule has 0 saturated carbocycles. The number of hydrogen-bond donors (Lipinski definition) is 3. The van der Waals surface area contributed by atoms with Crippen molar-refractivity contribution in [3.8, 4) is 5.75 Å². The summed E-state index contributed by atoms with van der Waals surface area (Å²) in [5.41, 5.74) is 0.824. The molecule has 1 aliphatic rings. The first-order valence-electron chi connectivity index (χ1n) is 11.2. The van der Waals surface area contributed by atoms with Crippen molar-refractivity contribution < 1.29 is 9.84 Å². The number of likely N-dealkylation sites (tertiary alicyclic amines) is 1. The summed E-state index contributed by atoms with van der Waals surface area (Å²) in [7, 11) is 0. The lowest BCUT2D eigenvalue weighted by Gasteiger charge is -2.31. The van der Waals surface area contributed by atoms with Gasteiger partial charge in [0.05, 0.1) is 18.8 Å². The van der Waals surface area contributed by atoms with Gasteiger partial charge in [0.2, 0.25) is 0 Å². The standard InChI is InChI=1S/C23H40N4O2/c1-5-24-23(25-13-10-19-11-14-27(6-2)15-12-19)26-17-22(28)20-8-7-9-21(16-20)29-18(3)4/h7-9,16,18-19,22,28H,5-6,10-15,17H2,1-4H3,(H2,24,25,26). The number of hydrogen-bond acceptors (Lipinski definition) is 4. The molecule has 164 valence electrons. The Balaban J connectivity index is 1.81. The van der Waals surface area contributed by atoms with Crippen LogP contribution in [0.2, 0.25) is 0 Å². The van der Waals surface area contributed by atoms with E-state index in [0.29, 0.717) is 6.54 Å². The van der Waals surface area contributed by atoms with Crippen LogP contribution in [-0.4, -0.2) is 61.3 Å². The van der Waals surface area contributed by atoms with Crippen molar-refractivity contribution in [3.63, 3.8) is 0 Å². The first-order chi connectivity index (χ1) is 14.0. The van der Waals surface area contributed by atoms with E-state index in [9.17, 15) is 5.11 Å². The van der Waals surface area contributed by atoms with Gasteiger partial charge in [-0.1, -0.05) is 19.1 Å². The fourth-order valence-corrected chi connectivity index (χ4v) is 3.68. The molecule has 6 nitrogen and oxygen atoms in total. The number of ether oxygens (including phenoxy) is 1. The van der Waals surface area contributed by atoms with Crippen molar-refractivity contribution in [3.05, 3.63) is 29.8 Å². The Morgan fingerprint density at radius 2 is 2.00 bits per heavy atom. The lowest BCUT2D eigenvalue weighted by Crippen LogP contribution is -2.39. The topological polar surface area (TPSA) is 69.1 Å². The zero-order chi connectivity index (χ0) is 21.1. The van der Waals surface area contributed by atoms with E-state index in [1.807, 2.05) is 38.1 Å². The van der Waals surface area contributed by atoms with E-state index >= 15 is 0 Å². The molecule has 1 aromatic carbocycles. The minimum Gasteiger partial charge on any atom is -0.491 e. The van der Waals surface area contributed by atoms with Crippen LogP contribution in [0.25, 0.3) is 0 Å². The summed E-state index contributed by atoms with van der Waals surface area (Å²) in [6.07, 6.45) is 3.20. The molecular weight excluding hydrogens is 364 g/mol. The molecule has 1 heterocycles. The number of aliphatic hydroxyl groups excluding tert-OH is 1. The monoisotopic (exact) mass is 404 g/mol. The van der Waals surface area contributed by atoms with Crippen LogP contribution >= 0.6 is 0 Å². The predicted octanol–water partition coefficient (Wildman–Crippen LogP) is 3.18. The van der Waals surface area contributed by atoms with Gasteiger partial charge < -0.3 is 25.4 Å². The number of benzene rings is 1. The van der Waals surface area contributed by atoms with Crippen LogP contribution in [0.4, 0.5) is 0 Å². The Morgan fingerprint density at radius 3 is 2.66 bits per heavy atom. The summed E-state index contributed by atoms with van der Waals surface area (Å²) in [5.74, 6) is 2.34. The zero-order valence-corrected chi connectivity index (χ0v) is 18.7. The van der Waals surface area contributed by atoms with Gasteiger partial charge in [-0.3, -0.25) is 4.99 Å². The van der Waals surface area contributed by atoms with Gasteiger partial charge in [-0.15, -0.1) is 0 Å². The first kappa shape index (κ1) is 23.5. The highest BCUT2D eigenvalue weighted by atomic mass is 16.5. The second-order valence-corrected chi connectivity index (χ2v) is 8.07. The number of guanidine groups is 1. The summed E-state index contributed by atoms with van der Waals surface area (Å²) in [5, 5.41) is 17.3. The average molecular weight is 405 g/mol. The van der Waals surface area contributed by atoms with Crippen molar-refractivity contribution in [1.82, 2.24) is 15.5 Å². The molecule has 1 aromatic rings. The molecule has 0 radical (unpaired) electrons. The quantitative estimate of drug-likeness (QED) is 0.413. The average Bonchev–Trinajstić information content (AvgIpc) is 2.72. The molecule has 1 fully saturated rings. The van der Waals surface area contributed by atoms with Crippen molar-refractivity contribution in [1.29, 1.82) is 0 Å². The number of piperidine rings is 1. The molecule has 0 bridgehead atoms. The van der Waals surface area contributed by atoms with E-state index in [1.165, 1.54) is 32.4 Å². The third-order valence-electron chi connectivity index (χ3n) is 5.38. The van der Waals surface area contributed by atoms with Gasteiger partial charge in [0.15, 0.2) is 5.96 Å². The van der Waals surface area contributed by atoms with Crippen LogP contribution in [0.5, 0.6) is 5.75 Å². The van der Waals surface area contributed by atoms with Crippen LogP contribution < -0.4 is 15.4 Å². The lowest BCUT2D eigenvalue weighted by molar-refractivity contribution is 0.185. The smallest absolute Gasteiger partial charge is 0.191 e. The van der Waals surface area contributed by atoms with Gasteiger partial charge in [0.25, 0.3) is 0 Å². The molecule has 0 spiro atoms. The molecule has 1 atom stereocenters. The fourth-order valence-electron chi connectivity index (χ4n) is 3.68. The third-order valence-corrected chi connectivity index (χ3v) is 5.38. The van der Waals surface area contributed by atoms with Gasteiger partial charge >= 0.3 is 0 Å². The van der Waals surface area contributed by atoms with E-state index in [4.69, 9.17) is 4.74 Å². The second-order valence-electron chi connectivity index (χ2n) is 8.07. The largest absolute Gasteiger partial charge is 0.491 e. The minimum absolute atomic E-state index is 0.110. The van der Waals surface area contributed by atoms with Crippen LogP contribution in [-0.2, 0) is 0 Å². The Labute approximate surface area is 176 Å². The number of aliphatic hydroxyl groups is 1. The van der Waals surface area contributed by atoms with Gasteiger partial charge in [-0.05, 0) is 83.3 Å². The van der Waals surface area contributed by atoms with Crippen molar-refractivity contribution >= 4 is 5.96 Å². The Hall–Kier alpha value is -1.79. The van der Waals surface area contributed by atoms with Crippen LogP contribution in [0.1, 0.15) is 58.6 Å². The van der Waals surface area contributed by atoms with Crippen molar-refractivity contribution in [2.24, 2.45) is 10.9 Å².